The Morgan fingerprint density at radius 2 is 1.95 bits per heavy atom. The lowest BCUT2D eigenvalue weighted by molar-refractivity contribution is -0.0926. The highest BCUT2D eigenvalue weighted by Gasteiger charge is 2.52. The second-order valence-corrected chi connectivity index (χ2v) is 11.8. The van der Waals surface area contributed by atoms with Crippen molar-refractivity contribution in [3.05, 3.63) is 23.7 Å². The molecule has 3 aromatic rings. The van der Waals surface area contributed by atoms with Crippen LogP contribution in [0.2, 0.25) is 0 Å². The highest BCUT2D eigenvalue weighted by molar-refractivity contribution is 7.21. The van der Waals surface area contributed by atoms with Gasteiger partial charge in [0.15, 0.2) is 5.72 Å². The van der Waals surface area contributed by atoms with Gasteiger partial charge in [-0.15, -0.1) is 11.3 Å². The predicted octanol–water partition coefficient (Wildman–Crippen LogP) is 2.15. The molecule has 3 aromatic heterocycles. The summed E-state index contributed by atoms with van der Waals surface area (Å²) in [6.45, 7) is 11.9. The zero-order valence-electron chi connectivity index (χ0n) is 22.4. The second-order valence-electron chi connectivity index (χ2n) is 10.8. The van der Waals surface area contributed by atoms with Crippen LogP contribution in [0.25, 0.3) is 20.8 Å². The Morgan fingerprint density at radius 3 is 2.63 bits per heavy atom. The van der Waals surface area contributed by atoms with Crippen molar-refractivity contribution in [2.45, 2.75) is 58.0 Å². The largest absolute Gasteiger partial charge is 0.390 e. The lowest BCUT2D eigenvalue weighted by Gasteiger charge is -2.34. The number of anilines is 2. The normalized spacial score (nSPS) is 24.7. The number of aromatic nitrogens is 4. The van der Waals surface area contributed by atoms with Crippen LogP contribution in [0.4, 0.5) is 11.8 Å². The van der Waals surface area contributed by atoms with E-state index >= 15 is 0 Å². The molecule has 206 valence electrons. The lowest BCUT2D eigenvalue weighted by Crippen LogP contribution is -2.51. The molecule has 0 spiro atoms. The van der Waals surface area contributed by atoms with Gasteiger partial charge in [0.2, 0.25) is 5.95 Å². The molecule has 0 aromatic carbocycles. The molecule has 11 nitrogen and oxygen atoms in total. The van der Waals surface area contributed by atoms with Gasteiger partial charge in [-0.1, -0.05) is 0 Å². The number of rotatable bonds is 8. The number of aliphatic hydroxyl groups is 3. The molecule has 2 aliphatic rings. The van der Waals surface area contributed by atoms with Crippen LogP contribution in [0, 0.1) is 19.8 Å². The van der Waals surface area contributed by atoms with Crippen molar-refractivity contribution in [3.63, 3.8) is 0 Å². The first-order valence-electron chi connectivity index (χ1n) is 13.1. The zero-order chi connectivity index (χ0) is 27.1. The maximum absolute atomic E-state index is 11.5. The van der Waals surface area contributed by atoms with E-state index in [2.05, 4.69) is 20.5 Å². The fourth-order valence-electron chi connectivity index (χ4n) is 5.33. The van der Waals surface area contributed by atoms with E-state index in [-0.39, 0.29) is 6.42 Å². The maximum atomic E-state index is 11.5. The summed E-state index contributed by atoms with van der Waals surface area (Å²) in [7, 11) is 0. The molecule has 5 rings (SSSR count). The highest BCUT2D eigenvalue weighted by atomic mass is 32.1. The fourth-order valence-corrected chi connectivity index (χ4v) is 6.44. The van der Waals surface area contributed by atoms with E-state index in [0.717, 1.165) is 48.8 Å². The van der Waals surface area contributed by atoms with Gasteiger partial charge in [-0.2, -0.15) is 4.98 Å². The topological polar surface area (TPSA) is 149 Å². The molecular formula is C26H37N7O4S. The molecule has 12 heteroatoms. The maximum Gasteiger partial charge on any atom is 0.224 e. The number of ether oxygens (including phenoxy) is 1. The molecule has 5 N–H and O–H groups in total. The van der Waals surface area contributed by atoms with Crippen molar-refractivity contribution in [1.29, 1.82) is 0 Å². The predicted molar refractivity (Wildman–Crippen MR) is 147 cm³/mol. The standard InChI is InChI=1S/C26H37N7O4S/c1-15-19(23-30-20-16(2)27-8-6-18(20)38-23)22(32-26(36)7-5-17(21(26)34)25(3,4)35)31-24(29-15)28-9-10-33-11-13-37-14-12-33/h6,8,17,21,34-36H,5,7,9-14H2,1-4H3,(H2,28,29,31,32). The molecule has 1 aliphatic carbocycles. The molecule has 3 unspecified atom stereocenters. The summed E-state index contributed by atoms with van der Waals surface area (Å²) in [6.07, 6.45) is 1.29. The van der Waals surface area contributed by atoms with Gasteiger partial charge in [0, 0.05) is 38.3 Å². The van der Waals surface area contributed by atoms with Crippen molar-refractivity contribution in [1.82, 2.24) is 24.8 Å². The molecule has 0 bridgehead atoms. The number of nitrogens with one attached hydrogen (secondary N) is 2. The van der Waals surface area contributed by atoms with Crippen molar-refractivity contribution in [3.8, 4) is 10.6 Å². The molecule has 2 fully saturated rings. The number of morpholine rings is 1. The lowest BCUT2D eigenvalue weighted by atomic mass is 9.87. The summed E-state index contributed by atoms with van der Waals surface area (Å²) >= 11 is 1.50. The number of fused-ring (bicyclic) bond motifs is 1. The van der Waals surface area contributed by atoms with Crippen molar-refractivity contribution >= 4 is 33.3 Å². The van der Waals surface area contributed by atoms with Crippen LogP contribution in [0.1, 0.15) is 38.1 Å². The van der Waals surface area contributed by atoms with E-state index in [0.29, 0.717) is 41.0 Å². The molecule has 1 saturated carbocycles. The molecule has 0 amide bonds. The van der Waals surface area contributed by atoms with Gasteiger partial charge in [-0.05, 0) is 46.6 Å². The Labute approximate surface area is 226 Å². The van der Waals surface area contributed by atoms with E-state index in [4.69, 9.17) is 19.7 Å². The average molecular weight is 544 g/mol. The highest BCUT2D eigenvalue weighted by Crippen LogP contribution is 2.43. The number of hydrogen-bond donors (Lipinski definition) is 5. The fraction of sp³-hybridized carbons (Fsp3) is 0.615. The van der Waals surface area contributed by atoms with Gasteiger partial charge in [-0.25, -0.2) is 9.97 Å². The van der Waals surface area contributed by atoms with Crippen LogP contribution in [-0.4, -0.2) is 97.0 Å². The summed E-state index contributed by atoms with van der Waals surface area (Å²) in [5.74, 6) is 0.318. The van der Waals surface area contributed by atoms with Crippen molar-refractivity contribution < 1.29 is 20.1 Å². The van der Waals surface area contributed by atoms with E-state index in [1.165, 1.54) is 11.3 Å². The van der Waals surface area contributed by atoms with E-state index in [1.807, 2.05) is 19.9 Å². The van der Waals surface area contributed by atoms with Gasteiger partial charge >= 0.3 is 0 Å². The first-order chi connectivity index (χ1) is 18.0. The minimum Gasteiger partial charge on any atom is -0.390 e. The smallest absolute Gasteiger partial charge is 0.224 e. The van der Waals surface area contributed by atoms with Gasteiger partial charge in [0.25, 0.3) is 0 Å². The number of thiazole rings is 1. The third-order valence-electron chi connectivity index (χ3n) is 7.56. The van der Waals surface area contributed by atoms with Crippen LogP contribution >= 0.6 is 11.3 Å². The Morgan fingerprint density at radius 1 is 1.18 bits per heavy atom. The third-order valence-corrected chi connectivity index (χ3v) is 8.60. The van der Waals surface area contributed by atoms with Gasteiger partial charge in [-0.3, -0.25) is 9.88 Å². The van der Waals surface area contributed by atoms with Crippen LogP contribution in [-0.2, 0) is 4.74 Å². The molecule has 0 radical (unpaired) electrons. The quantitative estimate of drug-likeness (QED) is 0.266. The first kappa shape index (κ1) is 27.1. The monoisotopic (exact) mass is 543 g/mol. The number of aliphatic hydroxyl groups excluding tert-OH is 1. The van der Waals surface area contributed by atoms with Crippen LogP contribution in [0.3, 0.4) is 0 Å². The number of aryl methyl sites for hydroxylation is 2. The summed E-state index contributed by atoms with van der Waals surface area (Å²) in [6, 6.07) is 1.93. The molecule has 4 heterocycles. The molecule has 3 atom stereocenters. The van der Waals surface area contributed by atoms with Gasteiger partial charge < -0.3 is 30.7 Å². The minimum atomic E-state index is -1.67. The molecule has 1 aliphatic heterocycles. The SMILES string of the molecule is Cc1nc(NCCN2CCOCC2)nc(NC2(O)CCC(C(C)(C)O)C2O)c1-c1nc2c(C)nccc2s1. The Hall–Kier alpha value is -2.48. The number of hydrogen-bond acceptors (Lipinski definition) is 12. The number of nitrogens with zero attached hydrogens (tertiary/aromatic N) is 5. The van der Waals surface area contributed by atoms with Crippen LogP contribution in [0.5, 0.6) is 0 Å². The summed E-state index contributed by atoms with van der Waals surface area (Å²) in [4.78, 5) is 21.0. The first-order valence-corrected chi connectivity index (χ1v) is 13.9. The van der Waals surface area contributed by atoms with Crippen molar-refractivity contribution in [2.24, 2.45) is 5.92 Å². The van der Waals surface area contributed by atoms with Crippen LogP contribution in [0.15, 0.2) is 12.3 Å². The zero-order valence-corrected chi connectivity index (χ0v) is 23.2. The average Bonchev–Trinajstić information content (AvgIpc) is 3.41. The summed E-state index contributed by atoms with van der Waals surface area (Å²) in [5, 5.41) is 40.3. The van der Waals surface area contributed by atoms with Gasteiger partial charge in [0.1, 0.15) is 22.4 Å². The Kier molecular flexibility index (Phi) is 7.55. The molecular weight excluding hydrogens is 506 g/mol. The summed E-state index contributed by atoms with van der Waals surface area (Å²) < 4.78 is 6.42. The molecule has 38 heavy (non-hydrogen) atoms. The molecule has 1 saturated heterocycles. The number of pyridine rings is 1. The third kappa shape index (κ3) is 5.47. The summed E-state index contributed by atoms with van der Waals surface area (Å²) in [5.41, 5.74) is 0.191. The minimum absolute atomic E-state index is 0.258. The van der Waals surface area contributed by atoms with Crippen molar-refractivity contribution in [2.75, 3.05) is 50.0 Å². The Bertz CT molecular complexity index is 1290. The van der Waals surface area contributed by atoms with E-state index in [9.17, 15) is 15.3 Å². The Balaban J connectivity index is 1.48. The van der Waals surface area contributed by atoms with E-state index < -0.39 is 23.3 Å². The van der Waals surface area contributed by atoms with Gasteiger partial charge in [0.05, 0.1) is 40.5 Å². The van der Waals surface area contributed by atoms with E-state index in [1.54, 1.807) is 20.0 Å². The second kappa shape index (κ2) is 10.6. The van der Waals surface area contributed by atoms with Crippen LogP contribution < -0.4 is 10.6 Å².